The number of rotatable bonds is 11. The van der Waals surface area contributed by atoms with Crippen LogP contribution >= 0.6 is 0 Å². The van der Waals surface area contributed by atoms with Crippen LogP contribution in [-0.4, -0.2) is 0 Å². The summed E-state index contributed by atoms with van der Waals surface area (Å²) in [6.45, 7) is 0. The van der Waals surface area contributed by atoms with Crippen LogP contribution in [0, 0.1) is 0 Å². The normalized spacial score (nSPS) is 14.7. The van der Waals surface area contributed by atoms with Crippen LogP contribution < -0.4 is 0 Å². The largest absolute Gasteiger partial charge is 0.490 e. The Morgan fingerprint density at radius 2 is 0.857 bits per heavy atom. The molecule has 42 heavy (non-hydrogen) atoms. The second kappa shape index (κ2) is 14.0. The SMILES string of the molecule is c1ccc(C2CCC(=C(CCC(c3ccccc3)c3ccccc3)CCC(c3ccccc3)c3ccccc3)O2)cc1. The maximum absolute atomic E-state index is 6.78. The highest BCUT2D eigenvalue weighted by atomic mass is 16.5. The summed E-state index contributed by atoms with van der Waals surface area (Å²) >= 11 is 0. The Labute approximate surface area is 251 Å². The summed E-state index contributed by atoms with van der Waals surface area (Å²) in [6, 6.07) is 54.8. The number of allylic oxidation sites excluding steroid dienone is 2. The van der Waals surface area contributed by atoms with E-state index in [2.05, 4.69) is 152 Å². The van der Waals surface area contributed by atoms with E-state index in [1.54, 1.807) is 0 Å². The smallest absolute Gasteiger partial charge is 0.124 e. The fourth-order valence-corrected chi connectivity index (χ4v) is 6.55. The molecule has 1 unspecified atom stereocenters. The van der Waals surface area contributed by atoms with Crippen molar-refractivity contribution < 1.29 is 4.74 Å². The molecule has 1 nitrogen and oxygen atoms in total. The molecule has 1 heterocycles. The Hall–Kier alpha value is -4.36. The van der Waals surface area contributed by atoms with Crippen LogP contribution in [0.3, 0.4) is 0 Å². The van der Waals surface area contributed by atoms with Crippen LogP contribution in [0.1, 0.15) is 84.3 Å². The Morgan fingerprint density at radius 1 is 0.500 bits per heavy atom. The minimum absolute atomic E-state index is 0.147. The molecule has 0 radical (unpaired) electrons. The van der Waals surface area contributed by atoms with E-state index >= 15 is 0 Å². The first-order chi connectivity index (χ1) is 20.8. The van der Waals surface area contributed by atoms with E-state index in [-0.39, 0.29) is 6.10 Å². The van der Waals surface area contributed by atoms with Crippen molar-refractivity contribution in [2.75, 3.05) is 0 Å². The summed E-state index contributed by atoms with van der Waals surface area (Å²) in [5, 5.41) is 0. The number of benzene rings is 5. The number of hydrogen-bond acceptors (Lipinski definition) is 1. The summed E-state index contributed by atoms with van der Waals surface area (Å²) in [5.41, 5.74) is 8.30. The van der Waals surface area contributed by atoms with Crippen LogP contribution in [-0.2, 0) is 4.74 Å². The first kappa shape index (κ1) is 27.8. The van der Waals surface area contributed by atoms with Gasteiger partial charge in [-0.05, 0) is 65.5 Å². The van der Waals surface area contributed by atoms with Gasteiger partial charge in [0.2, 0.25) is 0 Å². The second-order valence-electron chi connectivity index (χ2n) is 11.4. The maximum atomic E-state index is 6.78. The topological polar surface area (TPSA) is 9.23 Å². The predicted molar refractivity (Wildman–Crippen MR) is 174 cm³/mol. The Kier molecular flexibility index (Phi) is 9.27. The van der Waals surface area contributed by atoms with Crippen LogP contribution in [0.25, 0.3) is 0 Å². The standard InChI is InChI=1S/C41H40O/c1-6-16-32(17-7-1)38(33-18-8-2-9-19-33)28-26-37(41-31-30-40(42-41)36-24-14-5-15-25-36)27-29-39(34-20-10-3-11-21-34)35-22-12-4-13-23-35/h1-25,38-40H,26-31H2. The Morgan fingerprint density at radius 3 is 1.24 bits per heavy atom. The molecule has 1 aliphatic heterocycles. The monoisotopic (exact) mass is 548 g/mol. The van der Waals surface area contributed by atoms with E-state index < -0.39 is 0 Å². The summed E-state index contributed by atoms with van der Waals surface area (Å²) in [5.74, 6) is 1.94. The van der Waals surface area contributed by atoms with Gasteiger partial charge in [0.25, 0.3) is 0 Å². The third kappa shape index (κ3) is 6.92. The molecule has 0 amide bonds. The molecule has 0 spiro atoms. The van der Waals surface area contributed by atoms with E-state index in [0.29, 0.717) is 11.8 Å². The lowest BCUT2D eigenvalue weighted by Crippen LogP contribution is -2.06. The van der Waals surface area contributed by atoms with E-state index in [1.165, 1.54) is 39.1 Å². The predicted octanol–water partition coefficient (Wildman–Crippen LogP) is 11.0. The van der Waals surface area contributed by atoms with Gasteiger partial charge >= 0.3 is 0 Å². The lowest BCUT2D eigenvalue weighted by Gasteiger charge is -2.23. The molecule has 1 saturated heterocycles. The molecule has 5 aromatic carbocycles. The first-order valence-electron chi connectivity index (χ1n) is 15.5. The minimum Gasteiger partial charge on any atom is -0.490 e. The fourth-order valence-electron chi connectivity index (χ4n) is 6.55. The van der Waals surface area contributed by atoms with Gasteiger partial charge in [-0.15, -0.1) is 0 Å². The summed E-state index contributed by atoms with van der Waals surface area (Å²) in [7, 11) is 0. The van der Waals surface area contributed by atoms with E-state index in [9.17, 15) is 0 Å². The van der Waals surface area contributed by atoms with Gasteiger partial charge in [0.15, 0.2) is 0 Å². The maximum Gasteiger partial charge on any atom is 0.124 e. The zero-order chi connectivity index (χ0) is 28.4. The molecule has 0 aromatic heterocycles. The lowest BCUT2D eigenvalue weighted by molar-refractivity contribution is 0.159. The van der Waals surface area contributed by atoms with Crippen molar-refractivity contribution >= 4 is 0 Å². The van der Waals surface area contributed by atoms with Crippen LogP contribution in [0.5, 0.6) is 0 Å². The van der Waals surface area contributed by atoms with Gasteiger partial charge in [-0.1, -0.05) is 152 Å². The summed E-state index contributed by atoms with van der Waals surface area (Å²) < 4.78 is 6.78. The summed E-state index contributed by atoms with van der Waals surface area (Å²) in [4.78, 5) is 0. The lowest BCUT2D eigenvalue weighted by atomic mass is 9.83. The van der Waals surface area contributed by atoms with Gasteiger partial charge in [0, 0.05) is 18.3 Å². The highest BCUT2D eigenvalue weighted by Crippen LogP contribution is 2.41. The van der Waals surface area contributed by atoms with Crippen molar-refractivity contribution in [1.82, 2.24) is 0 Å². The molecule has 0 N–H and O–H groups in total. The number of ether oxygens (including phenoxy) is 1. The minimum atomic E-state index is 0.147. The van der Waals surface area contributed by atoms with Gasteiger partial charge in [-0.3, -0.25) is 0 Å². The van der Waals surface area contributed by atoms with Crippen molar-refractivity contribution in [1.29, 1.82) is 0 Å². The third-order valence-electron chi connectivity index (χ3n) is 8.76. The van der Waals surface area contributed by atoms with Gasteiger partial charge in [0.1, 0.15) is 6.10 Å². The second-order valence-corrected chi connectivity index (χ2v) is 11.4. The molecule has 0 aliphatic carbocycles. The average molecular weight is 549 g/mol. The van der Waals surface area contributed by atoms with Gasteiger partial charge < -0.3 is 4.74 Å². The Balaban J connectivity index is 1.29. The molecule has 1 atom stereocenters. The molecule has 0 saturated carbocycles. The Bertz CT molecular complexity index is 1360. The van der Waals surface area contributed by atoms with Gasteiger partial charge in [-0.2, -0.15) is 0 Å². The molecule has 6 rings (SSSR count). The van der Waals surface area contributed by atoms with Crippen molar-refractivity contribution in [3.63, 3.8) is 0 Å². The van der Waals surface area contributed by atoms with E-state index in [0.717, 1.165) is 38.5 Å². The zero-order valence-electron chi connectivity index (χ0n) is 24.3. The quantitative estimate of drug-likeness (QED) is 0.159. The average Bonchev–Trinajstić information content (AvgIpc) is 3.57. The zero-order valence-corrected chi connectivity index (χ0v) is 24.3. The number of hydrogen-bond donors (Lipinski definition) is 0. The van der Waals surface area contributed by atoms with E-state index in [4.69, 9.17) is 4.74 Å². The van der Waals surface area contributed by atoms with Crippen LogP contribution in [0.4, 0.5) is 0 Å². The summed E-state index contributed by atoms with van der Waals surface area (Å²) in [6.07, 6.45) is 6.39. The molecule has 210 valence electrons. The molecule has 5 aromatic rings. The first-order valence-corrected chi connectivity index (χ1v) is 15.5. The molecule has 0 bridgehead atoms. The van der Waals surface area contributed by atoms with Crippen molar-refractivity contribution in [2.45, 2.75) is 56.5 Å². The van der Waals surface area contributed by atoms with Crippen molar-refractivity contribution in [3.05, 3.63) is 191 Å². The molecule has 1 aliphatic rings. The van der Waals surface area contributed by atoms with Crippen molar-refractivity contribution in [3.8, 4) is 0 Å². The van der Waals surface area contributed by atoms with Crippen molar-refractivity contribution in [2.24, 2.45) is 0 Å². The highest BCUT2D eigenvalue weighted by molar-refractivity contribution is 5.35. The molecule has 1 heteroatoms. The highest BCUT2D eigenvalue weighted by Gasteiger charge is 2.26. The van der Waals surface area contributed by atoms with Crippen LogP contribution in [0.2, 0.25) is 0 Å². The van der Waals surface area contributed by atoms with Gasteiger partial charge in [0.05, 0.1) is 5.76 Å². The molecular weight excluding hydrogens is 508 g/mol. The van der Waals surface area contributed by atoms with E-state index in [1.807, 2.05) is 0 Å². The molecule has 1 fully saturated rings. The van der Waals surface area contributed by atoms with Crippen LogP contribution in [0.15, 0.2) is 163 Å². The van der Waals surface area contributed by atoms with Gasteiger partial charge in [-0.25, -0.2) is 0 Å². The molecular formula is C41H40O. The third-order valence-corrected chi connectivity index (χ3v) is 8.76. The fraction of sp³-hybridized carbons (Fsp3) is 0.220.